The molecule has 0 bridgehead atoms. The Balaban J connectivity index is 0.000000671. The van der Waals surface area contributed by atoms with Crippen LogP contribution in [-0.4, -0.2) is 102 Å². The van der Waals surface area contributed by atoms with Crippen molar-refractivity contribution in [3.05, 3.63) is 29.3 Å². The third-order valence-electron chi connectivity index (χ3n) is 10.5. The van der Waals surface area contributed by atoms with E-state index in [0.717, 1.165) is 83.3 Å². The summed E-state index contributed by atoms with van der Waals surface area (Å²) in [6, 6.07) is 2.40. The molecule has 4 aliphatic rings. The number of carboxylic acid groups (broad SMARTS) is 1. The van der Waals surface area contributed by atoms with Crippen LogP contribution in [0.25, 0.3) is 0 Å². The van der Waals surface area contributed by atoms with Crippen LogP contribution < -0.4 is 4.74 Å². The molecule has 0 radical (unpaired) electrons. The number of nitrogens with zero attached hydrogens (tertiary/aromatic N) is 3. The highest BCUT2D eigenvalue weighted by Crippen LogP contribution is 2.42. The Bertz CT molecular complexity index is 1240. The smallest absolute Gasteiger partial charge is 0.490 e. The number of rotatable bonds is 8. The molecule has 1 aromatic carbocycles. The van der Waals surface area contributed by atoms with Gasteiger partial charge in [-0.2, -0.15) is 13.2 Å². The summed E-state index contributed by atoms with van der Waals surface area (Å²) < 4.78 is 72.0. The van der Waals surface area contributed by atoms with E-state index in [0.29, 0.717) is 31.0 Å². The number of halogens is 5. The molecule has 1 saturated carbocycles. The van der Waals surface area contributed by atoms with Crippen molar-refractivity contribution in [2.45, 2.75) is 102 Å². The fourth-order valence-electron chi connectivity index (χ4n) is 7.71. The number of piperidine rings is 2. The number of amides is 2. The van der Waals surface area contributed by atoms with Crippen LogP contribution in [0.2, 0.25) is 0 Å². The lowest BCUT2D eigenvalue weighted by molar-refractivity contribution is -0.192. The van der Waals surface area contributed by atoms with E-state index in [1.807, 2.05) is 4.90 Å². The maximum Gasteiger partial charge on any atom is 0.490 e. The molecule has 1 atom stereocenters. The molecule has 2 amide bonds. The van der Waals surface area contributed by atoms with E-state index in [1.165, 1.54) is 39.2 Å². The molecule has 5 rings (SSSR count). The molecular formula is C34H48F5N3O6. The fraction of sp³-hybridized carbons (Fsp3) is 0.735. The first-order chi connectivity index (χ1) is 22.8. The minimum Gasteiger partial charge on any atom is -0.497 e. The van der Waals surface area contributed by atoms with E-state index in [9.17, 15) is 31.5 Å². The number of hydrogen-bond donors (Lipinski definition) is 1. The minimum absolute atomic E-state index is 0.0515. The monoisotopic (exact) mass is 689 g/mol. The number of unbranched alkanes of at least 4 members (excludes halogenated alkanes) is 1. The van der Waals surface area contributed by atoms with Crippen LogP contribution in [0, 0.1) is 23.5 Å². The summed E-state index contributed by atoms with van der Waals surface area (Å²) in [5.74, 6) is -4.14. The Morgan fingerprint density at radius 1 is 1.00 bits per heavy atom. The van der Waals surface area contributed by atoms with Crippen molar-refractivity contribution >= 4 is 18.0 Å². The molecule has 4 fully saturated rings. The standard InChI is InChI=1S/C32H47F2N3O4.C2HF3O2/c1-3-4-10-24-22-37(21-23-8-6-5-7-9-23)31(39)41-32(24)13-17-35(18-14-32)25-11-15-36(16-12-25)30(38)29-27(33)19-26(40-2)20-28(29)34;3-2(4,5)1(6)7/h19-20,23-25H,3-18,21-22H2,1-2H3;(H,6,7). The van der Waals surface area contributed by atoms with Crippen LogP contribution >= 0.6 is 0 Å². The molecule has 3 saturated heterocycles. The van der Waals surface area contributed by atoms with Gasteiger partial charge in [-0.1, -0.05) is 39.0 Å². The van der Waals surface area contributed by atoms with Crippen molar-refractivity contribution < 1.29 is 50.9 Å². The Labute approximate surface area is 278 Å². The van der Waals surface area contributed by atoms with Crippen molar-refractivity contribution in [2.24, 2.45) is 11.8 Å². The Morgan fingerprint density at radius 3 is 2.10 bits per heavy atom. The summed E-state index contributed by atoms with van der Waals surface area (Å²) in [4.78, 5) is 41.1. The van der Waals surface area contributed by atoms with Crippen molar-refractivity contribution in [3.8, 4) is 5.75 Å². The molecule has 1 aliphatic carbocycles. The minimum atomic E-state index is -5.08. The topological polar surface area (TPSA) is 99.6 Å². The molecule has 0 aromatic heterocycles. The summed E-state index contributed by atoms with van der Waals surface area (Å²) in [7, 11) is 1.33. The Hall–Kier alpha value is -3.16. The fourth-order valence-corrected chi connectivity index (χ4v) is 7.71. The first-order valence-electron chi connectivity index (χ1n) is 17.1. The number of carbonyl (C=O) groups excluding carboxylic acids is 2. The third-order valence-corrected chi connectivity index (χ3v) is 10.5. The van der Waals surface area contributed by atoms with Gasteiger partial charge in [0, 0.05) is 76.2 Å². The Kier molecular flexibility index (Phi) is 12.9. The maximum absolute atomic E-state index is 14.5. The highest BCUT2D eigenvalue weighted by atomic mass is 19.4. The second kappa shape index (κ2) is 16.5. The number of ether oxygens (including phenoxy) is 2. The molecule has 1 aromatic rings. The lowest BCUT2D eigenvalue weighted by atomic mass is 9.75. The number of hydrogen-bond acceptors (Lipinski definition) is 6. The molecule has 1 unspecified atom stereocenters. The molecule has 14 heteroatoms. The molecule has 48 heavy (non-hydrogen) atoms. The summed E-state index contributed by atoms with van der Waals surface area (Å²) in [6.45, 7) is 6.51. The highest BCUT2D eigenvalue weighted by Gasteiger charge is 2.50. The number of likely N-dealkylation sites (tertiary alicyclic amines) is 2. The van der Waals surface area contributed by atoms with Crippen LogP contribution in [0.15, 0.2) is 12.1 Å². The summed E-state index contributed by atoms with van der Waals surface area (Å²) in [5.41, 5.74) is -0.898. The van der Waals surface area contributed by atoms with Gasteiger partial charge in [0.1, 0.15) is 28.5 Å². The normalized spacial score (nSPS) is 22.6. The second-order valence-corrected chi connectivity index (χ2v) is 13.5. The average Bonchev–Trinajstić information content (AvgIpc) is 3.06. The van der Waals surface area contributed by atoms with Gasteiger partial charge < -0.3 is 24.4 Å². The number of benzene rings is 1. The van der Waals surface area contributed by atoms with Gasteiger partial charge in [0.2, 0.25) is 0 Å². The summed E-state index contributed by atoms with van der Waals surface area (Å²) in [5, 5.41) is 7.12. The van der Waals surface area contributed by atoms with E-state index in [2.05, 4.69) is 11.8 Å². The lowest BCUT2D eigenvalue weighted by Gasteiger charge is -2.52. The van der Waals surface area contributed by atoms with Gasteiger partial charge in [0.05, 0.1) is 7.11 Å². The van der Waals surface area contributed by atoms with Crippen molar-refractivity contribution in [3.63, 3.8) is 0 Å². The van der Waals surface area contributed by atoms with E-state index in [4.69, 9.17) is 19.4 Å². The van der Waals surface area contributed by atoms with E-state index in [1.54, 1.807) is 4.90 Å². The van der Waals surface area contributed by atoms with Gasteiger partial charge >= 0.3 is 18.2 Å². The van der Waals surface area contributed by atoms with Crippen molar-refractivity contribution in [1.29, 1.82) is 0 Å². The number of alkyl halides is 3. The van der Waals surface area contributed by atoms with Gasteiger partial charge in [0.25, 0.3) is 5.91 Å². The van der Waals surface area contributed by atoms with Crippen LogP contribution in [0.3, 0.4) is 0 Å². The first kappa shape index (κ1) is 37.7. The molecule has 1 spiro atoms. The maximum atomic E-state index is 14.5. The summed E-state index contributed by atoms with van der Waals surface area (Å²) in [6.07, 6.45) is 7.65. The molecule has 3 heterocycles. The quantitative estimate of drug-likeness (QED) is 0.297. The average molecular weight is 690 g/mol. The van der Waals surface area contributed by atoms with E-state index in [-0.39, 0.29) is 17.4 Å². The van der Waals surface area contributed by atoms with Gasteiger partial charge in [-0.05, 0) is 38.0 Å². The highest BCUT2D eigenvalue weighted by molar-refractivity contribution is 5.95. The predicted molar refractivity (Wildman–Crippen MR) is 167 cm³/mol. The predicted octanol–water partition coefficient (Wildman–Crippen LogP) is 6.88. The molecular weight excluding hydrogens is 641 g/mol. The van der Waals surface area contributed by atoms with E-state index >= 15 is 0 Å². The second-order valence-electron chi connectivity index (χ2n) is 13.5. The van der Waals surface area contributed by atoms with Crippen LogP contribution in [0.4, 0.5) is 26.7 Å². The van der Waals surface area contributed by atoms with Crippen molar-refractivity contribution in [1.82, 2.24) is 14.7 Å². The number of carbonyl (C=O) groups is 3. The van der Waals surface area contributed by atoms with E-state index < -0.39 is 35.3 Å². The summed E-state index contributed by atoms with van der Waals surface area (Å²) >= 11 is 0. The van der Waals surface area contributed by atoms with Gasteiger partial charge in [0.15, 0.2) is 0 Å². The molecule has 1 N–H and O–H groups in total. The Morgan fingerprint density at radius 2 is 1.58 bits per heavy atom. The van der Waals surface area contributed by atoms with Crippen molar-refractivity contribution in [2.75, 3.05) is 46.4 Å². The zero-order valence-electron chi connectivity index (χ0n) is 27.8. The first-order valence-corrected chi connectivity index (χ1v) is 17.1. The number of methoxy groups -OCH3 is 1. The molecule has 3 aliphatic heterocycles. The van der Waals surface area contributed by atoms with Crippen LogP contribution in [0.1, 0.15) is 94.3 Å². The van der Waals surface area contributed by atoms with Gasteiger partial charge in [-0.15, -0.1) is 0 Å². The van der Waals surface area contributed by atoms with Crippen LogP contribution in [-0.2, 0) is 9.53 Å². The van der Waals surface area contributed by atoms with Crippen LogP contribution in [0.5, 0.6) is 5.75 Å². The lowest BCUT2D eigenvalue weighted by Crippen LogP contribution is -2.61. The van der Waals surface area contributed by atoms with Gasteiger partial charge in [-0.25, -0.2) is 18.4 Å². The van der Waals surface area contributed by atoms with Gasteiger partial charge in [-0.3, -0.25) is 9.69 Å². The zero-order chi connectivity index (χ0) is 35.1. The number of aliphatic carboxylic acids is 1. The molecule has 270 valence electrons. The zero-order valence-corrected chi connectivity index (χ0v) is 27.8. The third kappa shape index (κ3) is 9.29. The largest absolute Gasteiger partial charge is 0.497 e. The number of carboxylic acids is 1. The SMILES string of the molecule is CCCCC1CN(CC2CCCCC2)C(=O)OC12CCN(C1CCN(C(=O)c3c(F)cc(OC)cc3F)CC1)CC2.O=C(O)C(F)(F)F. The molecule has 9 nitrogen and oxygen atoms in total.